The average Bonchev–Trinajstić information content (AvgIpc) is 3.08. The molecule has 0 bridgehead atoms. The van der Waals surface area contributed by atoms with Gasteiger partial charge in [0.25, 0.3) is 0 Å². The number of amides is 1. The topological polar surface area (TPSA) is 54.5 Å². The van der Waals surface area contributed by atoms with E-state index in [-0.39, 0.29) is 18.1 Å². The van der Waals surface area contributed by atoms with E-state index in [2.05, 4.69) is 15.2 Å². The van der Waals surface area contributed by atoms with Crippen molar-refractivity contribution in [1.82, 2.24) is 4.98 Å². The molecule has 0 spiro atoms. The molecule has 26 heavy (non-hydrogen) atoms. The lowest BCUT2D eigenvalue weighted by molar-refractivity contribution is -0.115. The largest absolute Gasteiger partial charge is 0.378 e. The second-order valence-corrected chi connectivity index (χ2v) is 7.10. The predicted molar refractivity (Wildman–Crippen MR) is 101 cm³/mol. The van der Waals surface area contributed by atoms with Crippen LogP contribution in [0.4, 0.5) is 15.2 Å². The highest BCUT2D eigenvalue weighted by Gasteiger charge is 2.16. The number of benzene rings is 2. The molecule has 0 aliphatic carbocycles. The summed E-state index contributed by atoms with van der Waals surface area (Å²) >= 11 is 1.60. The normalized spacial score (nSPS) is 14.6. The summed E-state index contributed by atoms with van der Waals surface area (Å²) in [5, 5.41) is 3.81. The minimum atomic E-state index is -0.365. The van der Waals surface area contributed by atoms with Crippen LogP contribution in [-0.2, 0) is 16.0 Å². The molecular weight excluding hydrogens is 353 g/mol. The monoisotopic (exact) mass is 371 g/mol. The van der Waals surface area contributed by atoms with Crippen molar-refractivity contribution >= 4 is 38.3 Å². The van der Waals surface area contributed by atoms with Gasteiger partial charge in [-0.25, -0.2) is 9.37 Å². The maximum Gasteiger partial charge on any atom is 0.228 e. The molecule has 7 heteroatoms. The second-order valence-electron chi connectivity index (χ2n) is 6.09. The van der Waals surface area contributed by atoms with Crippen molar-refractivity contribution in [1.29, 1.82) is 0 Å². The number of halogens is 1. The zero-order valence-corrected chi connectivity index (χ0v) is 14.9. The Morgan fingerprint density at radius 2 is 2.04 bits per heavy atom. The predicted octanol–water partition coefficient (Wildman–Crippen LogP) is 3.45. The number of hydrogen-bond donors (Lipinski definition) is 1. The Kier molecular flexibility index (Phi) is 4.81. The number of anilines is 2. The molecule has 5 nitrogen and oxygen atoms in total. The van der Waals surface area contributed by atoms with Crippen molar-refractivity contribution in [3.05, 3.63) is 53.8 Å². The molecule has 0 atom stereocenters. The second kappa shape index (κ2) is 7.39. The molecule has 134 valence electrons. The molecule has 3 aromatic rings. The van der Waals surface area contributed by atoms with Crippen molar-refractivity contribution in [2.75, 3.05) is 36.5 Å². The van der Waals surface area contributed by atoms with E-state index in [0.29, 0.717) is 24.5 Å². The summed E-state index contributed by atoms with van der Waals surface area (Å²) in [6.07, 6.45) is 0.00638. The van der Waals surface area contributed by atoms with E-state index in [1.807, 2.05) is 18.2 Å². The third-order valence-corrected chi connectivity index (χ3v) is 5.33. The Balaban J connectivity index is 1.48. The van der Waals surface area contributed by atoms with Crippen LogP contribution in [0, 0.1) is 5.82 Å². The molecule has 1 amide bonds. The highest BCUT2D eigenvalue weighted by atomic mass is 32.1. The molecule has 1 N–H and O–H groups in total. The van der Waals surface area contributed by atoms with Crippen LogP contribution in [0.3, 0.4) is 0 Å². The lowest BCUT2D eigenvalue weighted by Crippen LogP contribution is -2.36. The Labute approximate surface area is 154 Å². The average molecular weight is 371 g/mol. The van der Waals surface area contributed by atoms with Gasteiger partial charge in [-0.2, -0.15) is 0 Å². The van der Waals surface area contributed by atoms with Crippen LogP contribution in [0.5, 0.6) is 0 Å². The van der Waals surface area contributed by atoms with Gasteiger partial charge in [0, 0.05) is 18.8 Å². The number of fused-ring (bicyclic) bond motifs is 1. The summed E-state index contributed by atoms with van der Waals surface area (Å²) in [6.45, 7) is 3.11. The van der Waals surface area contributed by atoms with Crippen molar-refractivity contribution in [2.24, 2.45) is 0 Å². The van der Waals surface area contributed by atoms with E-state index in [0.717, 1.165) is 28.4 Å². The minimum absolute atomic E-state index is 0.00638. The van der Waals surface area contributed by atoms with Crippen LogP contribution < -0.4 is 10.2 Å². The highest BCUT2D eigenvalue weighted by molar-refractivity contribution is 7.22. The molecule has 1 aliphatic heterocycles. The van der Waals surface area contributed by atoms with Crippen LogP contribution in [0.15, 0.2) is 42.5 Å². The molecule has 2 aromatic carbocycles. The van der Waals surface area contributed by atoms with E-state index in [1.54, 1.807) is 29.5 Å². The highest BCUT2D eigenvalue weighted by Crippen LogP contribution is 2.31. The van der Waals surface area contributed by atoms with Gasteiger partial charge in [-0.15, -0.1) is 0 Å². The van der Waals surface area contributed by atoms with Crippen LogP contribution in [0.2, 0.25) is 0 Å². The number of carbonyl (C=O) groups is 1. The van der Waals surface area contributed by atoms with E-state index in [9.17, 15) is 9.18 Å². The number of aromatic nitrogens is 1. The maximum atomic E-state index is 13.7. The Morgan fingerprint density at radius 3 is 2.85 bits per heavy atom. The van der Waals surface area contributed by atoms with Crippen LogP contribution >= 0.6 is 11.3 Å². The Hall–Kier alpha value is -2.51. The maximum absolute atomic E-state index is 13.7. The summed E-state index contributed by atoms with van der Waals surface area (Å²) in [4.78, 5) is 19.1. The lowest BCUT2D eigenvalue weighted by atomic mass is 10.1. The minimum Gasteiger partial charge on any atom is -0.378 e. The van der Waals surface area contributed by atoms with Gasteiger partial charge in [-0.3, -0.25) is 4.79 Å². The number of nitrogens with zero attached hydrogens (tertiary/aromatic N) is 2. The molecule has 1 aromatic heterocycles. The third kappa shape index (κ3) is 3.68. The first-order valence-corrected chi connectivity index (χ1v) is 9.27. The zero-order valence-electron chi connectivity index (χ0n) is 14.1. The molecule has 1 aliphatic rings. The van der Waals surface area contributed by atoms with Crippen LogP contribution in [0.25, 0.3) is 10.2 Å². The fourth-order valence-corrected chi connectivity index (χ4v) is 3.96. The summed E-state index contributed by atoms with van der Waals surface area (Å²) in [6, 6.07) is 12.0. The van der Waals surface area contributed by atoms with Crippen LogP contribution in [0.1, 0.15) is 5.56 Å². The summed E-state index contributed by atoms with van der Waals surface area (Å²) in [5.74, 6) is -0.608. The molecule has 0 radical (unpaired) electrons. The molecule has 4 rings (SSSR count). The number of nitrogens with one attached hydrogen (secondary N) is 1. The number of hydrogen-bond acceptors (Lipinski definition) is 5. The van der Waals surface area contributed by atoms with Gasteiger partial charge in [0.2, 0.25) is 5.91 Å². The van der Waals surface area contributed by atoms with E-state index >= 15 is 0 Å². The number of ether oxygens (including phenoxy) is 1. The summed E-state index contributed by atoms with van der Waals surface area (Å²) in [5.41, 5.74) is 1.98. The molecular formula is C19H18FN3O2S. The third-order valence-electron chi connectivity index (χ3n) is 4.25. The molecule has 0 unspecified atom stereocenters. The van der Waals surface area contributed by atoms with Gasteiger partial charge in [0.05, 0.1) is 29.9 Å². The smallest absolute Gasteiger partial charge is 0.228 e. The van der Waals surface area contributed by atoms with Gasteiger partial charge in [-0.05, 0) is 29.8 Å². The van der Waals surface area contributed by atoms with Gasteiger partial charge in [0.15, 0.2) is 5.13 Å². The van der Waals surface area contributed by atoms with E-state index in [4.69, 9.17) is 4.74 Å². The van der Waals surface area contributed by atoms with Gasteiger partial charge in [-0.1, -0.05) is 29.5 Å². The molecule has 1 saturated heterocycles. The van der Waals surface area contributed by atoms with Gasteiger partial charge >= 0.3 is 0 Å². The molecule has 1 fully saturated rings. The summed E-state index contributed by atoms with van der Waals surface area (Å²) in [7, 11) is 0. The number of morpholine rings is 1. The fraction of sp³-hybridized carbons (Fsp3) is 0.263. The Bertz CT molecular complexity index is 937. The first-order valence-electron chi connectivity index (χ1n) is 8.45. The summed E-state index contributed by atoms with van der Waals surface area (Å²) < 4.78 is 20.1. The standard InChI is InChI=1S/C19H18FN3O2S/c20-15-4-2-1-3-13(15)11-18(24)21-14-5-6-16-17(12-14)26-19(22-16)23-7-9-25-10-8-23/h1-6,12H,7-11H2,(H,21,24). The molecule has 2 heterocycles. The first kappa shape index (κ1) is 16.9. The quantitative estimate of drug-likeness (QED) is 0.763. The van der Waals surface area contributed by atoms with Crippen molar-refractivity contribution in [3.63, 3.8) is 0 Å². The van der Waals surface area contributed by atoms with Crippen molar-refractivity contribution < 1.29 is 13.9 Å². The van der Waals surface area contributed by atoms with Gasteiger partial charge in [0.1, 0.15) is 5.82 Å². The molecule has 0 saturated carbocycles. The number of carbonyl (C=O) groups excluding carboxylic acids is 1. The van der Waals surface area contributed by atoms with Crippen molar-refractivity contribution in [3.8, 4) is 0 Å². The number of rotatable bonds is 4. The fourth-order valence-electron chi connectivity index (χ4n) is 2.90. The lowest BCUT2D eigenvalue weighted by Gasteiger charge is -2.25. The zero-order chi connectivity index (χ0) is 17.9. The Morgan fingerprint density at radius 1 is 1.23 bits per heavy atom. The van der Waals surface area contributed by atoms with Gasteiger partial charge < -0.3 is 15.0 Å². The van der Waals surface area contributed by atoms with Crippen LogP contribution in [-0.4, -0.2) is 37.2 Å². The van der Waals surface area contributed by atoms with E-state index < -0.39 is 0 Å². The van der Waals surface area contributed by atoms with E-state index in [1.165, 1.54) is 6.07 Å². The SMILES string of the molecule is O=C(Cc1ccccc1F)Nc1ccc2nc(N3CCOCC3)sc2c1. The number of thiazole rings is 1. The van der Waals surface area contributed by atoms with Crippen molar-refractivity contribution in [2.45, 2.75) is 6.42 Å². The first-order chi connectivity index (χ1) is 12.7.